The van der Waals surface area contributed by atoms with E-state index in [0.29, 0.717) is 0 Å². The van der Waals surface area contributed by atoms with Crippen molar-refractivity contribution >= 4 is 17.2 Å². The molecule has 2 aromatic heterocycles. The molecule has 3 rings (SSSR count). The Kier molecular flexibility index (Phi) is 4.65. The van der Waals surface area contributed by atoms with Crippen molar-refractivity contribution in [2.24, 2.45) is 5.92 Å². The van der Waals surface area contributed by atoms with Crippen LogP contribution in [0.4, 0.5) is 5.69 Å². The summed E-state index contributed by atoms with van der Waals surface area (Å²) in [5, 5.41) is 3.08. The van der Waals surface area contributed by atoms with Crippen molar-refractivity contribution in [3.8, 4) is 11.3 Å². The molecule has 24 heavy (non-hydrogen) atoms. The van der Waals surface area contributed by atoms with E-state index in [1.165, 1.54) is 0 Å². The van der Waals surface area contributed by atoms with E-state index in [9.17, 15) is 4.79 Å². The monoisotopic (exact) mass is 321 g/mol. The molecule has 0 bridgehead atoms. The van der Waals surface area contributed by atoms with E-state index in [-0.39, 0.29) is 11.8 Å². The Morgan fingerprint density at radius 1 is 1.17 bits per heavy atom. The zero-order valence-corrected chi connectivity index (χ0v) is 14.4. The summed E-state index contributed by atoms with van der Waals surface area (Å²) in [6, 6.07) is 11.9. The quantitative estimate of drug-likeness (QED) is 0.741. The molecule has 0 aliphatic rings. The SMILES string of the molecule is CCC(CC)C(=O)Nc1ccccc1-c1cn2cccc(C)c2n1. The Labute approximate surface area is 142 Å². The first kappa shape index (κ1) is 16.2. The fourth-order valence-corrected chi connectivity index (χ4v) is 2.99. The number of benzene rings is 1. The molecule has 0 atom stereocenters. The van der Waals surface area contributed by atoms with Crippen molar-refractivity contribution in [1.29, 1.82) is 0 Å². The van der Waals surface area contributed by atoms with Crippen LogP contribution in [-0.4, -0.2) is 15.3 Å². The number of amides is 1. The van der Waals surface area contributed by atoms with Gasteiger partial charge < -0.3 is 9.72 Å². The van der Waals surface area contributed by atoms with Crippen LogP contribution >= 0.6 is 0 Å². The van der Waals surface area contributed by atoms with E-state index in [4.69, 9.17) is 4.98 Å². The Morgan fingerprint density at radius 2 is 1.92 bits per heavy atom. The number of pyridine rings is 1. The van der Waals surface area contributed by atoms with E-state index < -0.39 is 0 Å². The number of aryl methyl sites for hydroxylation is 1. The molecule has 124 valence electrons. The molecule has 4 nitrogen and oxygen atoms in total. The Bertz CT molecular complexity index is 862. The number of hydrogen-bond donors (Lipinski definition) is 1. The topological polar surface area (TPSA) is 46.4 Å². The second-order valence-corrected chi connectivity index (χ2v) is 6.10. The lowest BCUT2D eigenvalue weighted by Crippen LogP contribution is -2.21. The van der Waals surface area contributed by atoms with Crippen molar-refractivity contribution in [2.75, 3.05) is 5.32 Å². The van der Waals surface area contributed by atoms with Crippen LogP contribution in [0.2, 0.25) is 0 Å². The molecule has 1 aromatic carbocycles. The van der Waals surface area contributed by atoms with Crippen LogP contribution in [-0.2, 0) is 4.79 Å². The maximum absolute atomic E-state index is 12.4. The molecular formula is C20H23N3O. The average Bonchev–Trinajstić information content (AvgIpc) is 3.02. The molecular weight excluding hydrogens is 298 g/mol. The minimum absolute atomic E-state index is 0.0429. The highest BCUT2D eigenvalue weighted by Gasteiger charge is 2.17. The van der Waals surface area contributed by atoms with Crippen molar-refractivity contribution in [2.45, 2.75) is 33.6 Å². The number of rotatable bonds is 5. The summed E-state index contributed by atoms with van der Waals surface area (Å²) in [7, 11) is 0. The summed E-state index contributed by atoms with van der Waals surface area (Å²) >= 11 is 0. The maximum Gasteiger partial charge on any atom is 0.227 e. The van der Waals surface area contributed by atoms with Gasteiger partial charge in [0, 0.05) is 23.9 Å². The molecule has 0 unspecified atom stereocenters. The Balaban J connectivity index is 1.99. The van der Waals surface area contributed by atoms with Gasteiger partial charge >= 0.3 is 0 Å². The number of carbonyl (C=O) groups excluding carboxylic acids is 1. The van der Waals surface area contributed by atoms with E-state index in [1.807, 2.05) is 74.0 Å². The zero-order valence-electron chi connectivity index (χ0n) is 14.4. The van der Waals surface area contributed by atoms with E-state index in [0.717, 1.165) is 41.0 Å². The molecule has 0 saturated heterocycles. The van der Waals surface area contributed by atoms with Gasteiger partial charge in [0.2, 0.25) is 5.91 Å². The van der Waals surface area contributed by atoms with E-state index >= 15 is 0 Å². The highest BCUT2D eigenvalue weighted by atomic mass is 16.1. The molecule has 0 aliphatic carbocycles. The van der Waals surface area contributed by atoms with Crippen molar-refractivity contribution in [3.05, 3.63) is 54.4 Å². The molecule has 0 radical (unpaired) electrons. The molecule has 4 heteroatoms. The fraction of sp³-hybridized carbons (Fsp3) is 0.300. The third-order valence-electron chi connectivity index (χ3n) is 4.50. The number of carbonyl (C=O) groups is 1. The Hall–Kier alpha value is -2.62. The number of hydrogen-bond acceptors (Lipinski definition) is 2. The van der Waals surface area contributed by atoms with Gasteiger partial charge in [-0.25, -0.2) is 4.98 Å². The first-order valence-corrected chi connectivity index (χ1v) is 8.48. The molecule has 3 aromatic rings. The van der Waals surface area contributed by atoms with Gasteiger partial charge in [-0.3, -0.25) is 4.79 Å². The van der Waals surface area contributed by atoms with Crippen LogP contribution in [0.1, 0.15) is 32.3 Å². The number of anilines is 1. The van der Waals surface area contributed by atoms with Gasteiger partial charge in [-0.05, 0) is 37.5 Å². The lowest BCUT2D eigenvalue weighted by atomic mass is 10.0. The third kappa shape index (κ3) is 3.04. The van der Waals surface area contributed by atoms with Gasteiger partial charge in [-0.15, -0.1) is 0 Å². The predicted octanol–water partition coefficient (Wildman–Crippen LogP) is 4.68. The van der Waals surface area contributed by atoms with Crippen molar-refractivity contribution < 1.29 is 4.79 Å². The normalized spacial score (nSPS) is 11.2. The molecule has 0 aliphatic heterocycles. The summed E-state index contributed by atoms with van der Waals surface area (Å²) in [5.74, 6) is 0.119. The summed E-state index contributed by atoms with van der Waals surface area (Å²) in [4.78, 5) is 17.2. The van der Waals surface area contributed by atoms with Crippen LogP contribution in [0.3, 0.4) is 0 Å². The van der Waals surface area contributed by atoms with Gasteiger partial charge in [-0.2, -0.15) is 0 Å². The molecule has 1 amide bonds. The Morgan fingerprint density at radius 3 is 2.62 bits per heavy atom. The van der Waals surface area contributed by atoms with Gasteiger partial charge in [0.25, 0.3) is 0 Å². The van der Waals surface area contributed by atoms with Gasteiger partial charge in [0.15, 0.2) is 0 Å². The van der Waals surface area contributed by atoms with E-state index in [1.54, 1.807) is 0 Å². The minimum Gasteiger partial charge on any atom is -0.325 e. The highest BCUT2D eigenvalue weighted by Crippen LogP contribution is 2.28. The first-order chi connectivity index (χ1) is 11.6. The lowest BCUT2D eigenvalue weighted by Gasteiger charge is -2.14. The van der Waals surface area contributed by atoms with Crippen LogP contribution in [0, 0.1) is 12.8 Å². The molecule has 0 fully saturated rings. The van der Waals surface area contributed by atoms with Gasteiger partial charge in [0.1, 0.15) is 5.65 Å². The summed E-state index contributed by atoms with van der Waals surface area (Å²) in [5.41, 5.74) is 4.69. The first-order valence-electron chi connectivity index (χ1n) is 8.48. The smallest absolute Gasteiger partial charge is 0.227 e. The van der Waals surface area contributed by atoms with Crippen LogP contribution in [0.15, 0.2) is 48.8 Å². The van der Waals surface area contributed by atoms with Gasteiger partial charge in [0.05, 0.1) is 11.4 Å². The second kappa shape index (κ2) is 6.87. The van der Waals surface area contributed by atoms with Crippen molar-refractivity contribution in [1.82, 2.24) is 9.38 Å². The third-order valence-corrected chi connectivity index (χ3v) is 4.50. The van der Waals surface area contributed by atoms with Crippen LogP contribution in [0.25, 0.3) is 16.9 Å². The minimum atomic E-state index is 0.0429. The van der Waals surface area contributed by atoms with Gasteiger partial charge in [-0.1, -0.05) is 38.1 Å². The van der Waals surface area contributed by atoms with Crippen LogP contribution in [0.5, 0.6) is 0 Å². The number of imidazole rings is 1. The predicted molar refractivity (Wildman–Crippen MR) is 98.1 cm³/mol. The number of nitrogens with one attached hydrogen (secondary N) is 1. The summed E-state index contributed by atoms with van der Waals surface area (Å²) in [6.45, 7) is 6.14. The number of aromatic nitrogens is 2. The molecule has 2 heterocycles. The summed E-state index contributed by atoms with van der Waals surface area (Å²) < 4.78 is 2.02. The zero-order chi connectivity index (χ0) is 17.1. The maximum atomic E-state index is 12.4. The number of para-hydroxylation sites is 1. The van der Waals surface area contributed by atoms with Crippen molar-refractivity contribution in [3.63, 3.8) is 0 Å². The summed E-state index contributed by atoms with van der Waals surface area (Å²) in [6.07, 6.45) is 5.69. The number of nitrogens with zero attached hydrogens (tertiary/aromatic N) is 2. The van der Waals surface area contributed by atoms with Crippen LogP contribution < -0.4 is 5.32 Å². The molecule has 0 spiro atoms. The number of fused-ring (bicyclic) bond motifs is 1. The van der Waals surface area contributed by atoms with E-state index in [2.05, 4.69) is 5.32 Å². The molecule has 0 saturated carbocycles. The largest absolute Gasteiger partial charge is 0.325 e. The fourth-order valence-electron chi connectivity index (χ4n) is 2.99. The highest BCUT2D eigenvalue weighted by molar-refractivity contribution is 5.96. The average molecular weight is 321 g/mol. The molecule has 1 N–H and O–H groups in total. The second-order valence-electron chi connectivity index (χ2n) is 6.10. The lowest BCUT2D eigenvalue weighted by molar-refractivity contribution is -0.120. The standard InChI is InChI=1S/C20H23N3O/c1-4-15(5-2)20(24)22-17-11-7-6-10-16(17)18-13-23-12-8-9-14(3)19(23)21-18/h6-13,15H,4-5H2,1-3H3,(H,22,24).